The zero-order valence-corrected chi connectivity index (χ0v) is 17.8. The smallest absolute Gasteiger partial charge is 0.257 e. The molecular weight excluding hydrogens is 424 g/mol. The van der Waals surface area contributed by atoms with Crippen molar-refractivity contribution in [2.45, 2.75) is 33.1 Å². The van der Waals surface area contributed by atoms with E-state index in [1.54, 1.807) is 17.7 Å². The maximum absolute atomic E-state index is 13.2. The van der Waals surface area contributed by atoms with E-state index in [2.05, 4.69) is 36.1 Å². The molecule has 0 spiro atoms. The lowest BCUT2D eigenvalue weighted by Crippen LogP contribution is -2.30. The highest BCUT2D eigenvalue weighted by atomic mass is 79.9. The standard InChI is InChI=1S/C20H21BrN4OS/c1-12-6-7-15(14(21)10-12)24-19(26)16-13(2)27-20-17(16)18(22-11-23-20)25-8-4-3-5-9-25/h6-7,10-11H,3-5,8-9H2,1-2H3,(H,24,26). The summed E-state index contributed by atoms with van der Waals surface area (Å²) in [4.78, 5) is 26.3. The highest BCUT2D eigenvalue weighted by molar-refractivity contribution is 9.10. The van der Waals surface area contributed by atoms with Crippen LogP contribution in [0.1, 0.15) is 40.1 Å². The van der Waals surface area contributed by atoms with Crippen molar-refractivity contribution in [2.24, 2.45) is 0 Å². The Morgan fingerprint density at radius 1 is 1.19 bits per heavy atom. The molecule has 1 N–H and O–H groups in total. The van der Waals surface area contributed by atoms with Crippen molar-refractivity contribution in [1.29, 1.82) is 0 Å². The molecule has 1 aliphatic heterocycles. The van der Waals surface area contributed by atoms with Crippen LogP contribution in [0.2, 0.25) is 0 Å². The number of thiophene rings is 1. The number of fused-ring (bicyclic) bond motifs is 1. The molecule has 1 saturated heterocycles. The highest BCUT2D eigenvalue weighted by Gasteiger charge is 2.24. The minimum absolute atomic E-state index is 0.114. The topological polar surface area (TPSA) is 58.1 Å². The summed E-state index contributed by atoms with van der Waals surface area (Å²) in [6, 6.07) is 5.90. The van der Waals surface area contributed by atoms with Crippen LogP contribution in [0, 0.1) is 13.8 Å². The molecule has 4 rings (SSSR count). The summed E-state index contributed by atoms with van der Waals surface area (Å²) in [6.07, 6.45) is 5.18. The third kappa shape index (κ3) is 3.58. The minimum atomic E-state index is -0.114. The van der Waals surface area contributed by atoms with E-state index in [0.717, 1.165) is 62.6 Å². The van der Waals surface area contributed by atoms with Gasteiger partial charge in [-0.25, -0.2) is 9.97 Å². The maximum Gasteiger partial charge on any atom is 0.257 e. The first-order valence-electron chi connectivity index (χ1n) is 9.11. The van der Waals surface area contributed by atoms with E-state index in [-0.39, 0.29) is 5.91 Å². The molecule has 0 saturated carbocycles. The van der Waals surface area contributed by atoms with Crippen LogP contribution in [0.25, 0.3) is 10.2 Å². The van der Waals surface area contributed by atoms with Gasteiger partial charge in [0.05, 0.1) is 16.6 Å². The molecule has 1 amide bonds. The van der Waals surface area contributed by atoms with Crippen molar-refractivity contribution < 1.29 is 4.79 Å². The van der Waals surface area contributed by atoms with Gasteiger partial charge in [-0.3, -0.25) is 4.79 Å². The third-order valence-electron chi connectivity index (χ3n) is 4.90. The molecule has 0 bridgehead atoms. The molecule has 5 nitrogen and oxygen atoms in total. The molecule has 0 unspecified atom stereocenters. The number of benzene rings is 1. The van der Waals surface area contributed by atoms with Gasteiger partial charge < -0.3 is 10.2 Å². The van der Waals surface area contributed by atoms with Crippen molar-refractivity contribution in [1.82, 2.24) is 9.97 Å². The SMILES string of the molecule is Cc1ccc(NC(=O)c2c(C)sc3ncnc(N4CCCCC4)c23)c(Br)c1. The molecule has 0 aliphatic carbocycles. The van der Waals surface area contributed by atoms with Crippen LogP contribution in [0.15, 0.2) is 29.0 Å². The van der Waals surface area contributed by atoms with Gasteiger partial charge in [0.25, 0.3) is 5.91 Å². The number of halogens is 1. The lowest BCUT2D eigenvalue weighted by Gasteiger charge is -2.28. The first-order valence-corrected chi connectivity index (χ1v) is 10.7. The summed E-state index contributed by atoms with van der Waals surface area (Å²) >= 11 is 5.09. The second-order valence-electron chi connectivity index (χ2n) is 6.90. The number of rotatable bonds is 3. The van der Waals surface area contributed by atoms with Crippen molar-refractivity contribution in [3.63, 3.8) is 0 Å². The van der Waals surface area contributed by atoms with Gasteiger partial charge in [-0.05, 0) is 66.7 Å². The summed E-state index contributed by atoms with van der Waals surface area (Å²) < 4.78 is 0.876. The average Bonchev–Trinajstić information content (AvgIpc) is 3.00. The molecule has 7 heteroatoms. The Bertz CT molecular complexity index is 1010. The van der Waals surface area contributed by atoms with Crippen molar-refractivity contribution >= 4 is 54.9 Å². The molecule has 0 atom stereocenters. The summed E-state index contributed by atoms with van der Waals surface area (Å²) in [5.41, 5.74) is 2.59. The Hall–Kier alpha value is -1.99. The normalized spacial score (nSPS) is 14.6. The van der Waals surface area contributed by atoms with Gasteiger partial charge in [0.2, 0.25) is 0 Å². The quantitative estimate of drug-likeness (QED) is 0.594. The van der Waals surface area contributed by atoms with Gasteiger partial charge in [0, 0.05) is 22.4 Å². The molecule has 1 aromatic carbocycles. The molecule has 3 heterocycles. The second kappa shape index (κ2) is 7.56. The molecule has 1 aliphatic rings. The van der Waals surface area contributed by atoms with Crippen LogP contribution in [0.4, 0.5) is 11.5 Å². The molecule has 140 valence electrons. The fourth-order valence-corrected chi connectivity index (χ4v) is 5.13. The Balaban J connectivity index is 1.76. The number of aromatic nitrogens is 2. The van der Waals surface area contributed by atoms with E-state index < -0.39 is 0 Å². The molecule has 2 aromatic heterocycles. The van der Waals surface area contributed by atoms with Crippen molar-refractivity contribution in [3.8, 4) is 0 Å². The number of amides is 1. The Morgan fingerprint density at radius 3 is 2.70 bits per heavy atom. The van der Waals surface area contributed by atoms with E-state index in [1.807, 2.05) is 32.0 Å². The second-order valence-corrected chi connectivity index (χ2v) is 8.95. The average molecular weight is 445 g/mol. The maximum atomic E-state index is 13.2. The van der Waals surface area contributed by atoms with Gasteiger partial charge in [-0.15, -0.1) is 11.3 Å². The predicted molar refractivity (Wildman–Crippen MR) is 115 cm³/mol. The van der Waals surface area contributed by atoms with Gasteiger partial charge in [-0.1, -0.05) is 6.07 Å². The van der Waals surface area contributed by atoms with Crippen molar-refractivity contribution in [3.05, 3.63) is 45.0 Å². The molecule has 1 fully saturated rings. The Labute approximate surface area is 171 Å². The zero-order chi connectivity index (χ0) is 19.0. The largest absolute Gasteiger partial charge is 0.356 e. The number of carbonyl (C=O) groups excluding carboxylic acids is 1. The van der Waals surface area contributed by atoms with Gasteiger partial charge in [0.15, 0.2) is 0 Å². The molecule has 27 heavy (non-hydrogen) atoms. The number of carbonyl (C=O) groups is 1. The summed E-state index contributed by atoms with van der Waals surface area (Å²) in [7, 11) is 0. The summed E-state index contributed by atoms with van der Waals surface area (Å²) in [6.45, 7) is 5.96. The van der Waals surface area contributed by atoms with E-state index in [0.29, 0.717) is 5.56 Å². The zero-order valence-electron chi connectivity index (χ0n) is 15.4. The van der Waals surface area contributed by atoms with Crippen molar-refractivity contribution in [2.75, 3.05) is 23.3 Å². The number of hydrogen-bond donors (Lipinski definition) is 1. The number of hydrogen-bond acceptors (Lipinski definition) is 5. The van der Waals surface area contributed by atoms with Crippen LogP contribution >= 0.6 is 27.3 Å². The number of nitrogens with zero attached hydrogens (tertiary/aromatic N) is 3. The minimum Gasteiger partial charge on any atom is -0.356 e. The van der Waals surface area contributed by atoms with E-state index in [1.165, 1.54) is 6.42 Å². The lowest BCUT2D eigenvalue weighted by atomic mass is 10.1. The first-order chi connectivity index (χ1) is 13.0. The summed E-state index contributed by atoms with van der Waals surface area (Å²) in [5, 5.41) is 3.93. The van der Waals surface area contributed by atoms with Crippen LogP contribution in [0.3, 0.4) is 0 Å². The number of piperidine rings is 1. The molecular formula is C20H21BrN4OS. The third-order valence-corrected chi connectivity index (χ3v) is 6.57. The first kappa shape index (κ1) is 18.4. The van der Waals surface area contributed by atoms with E-state index >= 15 is 0 Å². The van der Waals surface area contributed by atoms with Crippen LogP contribution in [-0.4, -0.2) is 29.0 Å². The lowest BCUT2D eigenvalue weighted by molar-refractivity contribution is 0.102. The Morgan fingerprint density at radius 2 is 1.96 bits per heavy atom. The number of anilines is 2. The fraction of sp³-hybridized carbons (Fsp3) is 0.350. The monoisotopic (exact) mass is 444 g/mol. The summed E-state index contributed by atoms with van der Waals surface area (Å²) in [5.74, 6) is 0.772. The molecule has 3 aromatic rings. The predicted octanol–water partition coefficient (Wildman–Crippen LogP) is 5.31. The fourth-order valence-electron chi connectivity index (χ4n) is 3.55. The molecule has 0 radical (unpaired) electrons. The number of aryl methyl sites for hydroxylation is 2. The highest BCUT2D eigenvalue weighted by Crippen LogP contribution is 2.36. The van der Waals surface area contributed by atoms with Crippen LogP contribution in [-0.2, 0) is 0 Å². The van der Waals surface area contributed by atoms with Crippen LogP contribution in [0.5, 0.6) is 0 Å². The Kier molecular flexibility index (Phi) is 5.14. The van der Waals surface area contributed by atoms with E-state index in [9.17, 15) is 4.79 Å². The van der Waals surface area contributed by atoms with Gasteiger partial charge in [-0.2, -0.15) is 0 Å². The number of nitrogens with one attached hydrogen (secondary N) is 1. The van der Waals surface area contributed by atoms with Gasteiger partial charge >= 0.3 is 0 Å². The van der Waals surface area contributed by atoms with Gasteiger partial charge in [0.1, 0.15) is 17.0 Å². The van der Waals surface area contributed by atoms with E-state index in [4.69, 9.17) is 0 Å². The van der Waals surface area contributed by atoms with Crippen LogP contribution < -0.4 is 10.2 Å².